The Balaban J connectivity index is 1.35. The van der Waals surface area contributed by atoms with Crippen LogP contribution in [0.1, 0.15) is 36.8 Å². The summed E-state index contributed by atoms with van der Waals surface area (Å²) >= 11 is 0. The van der Waals surface area contributed by atoms with Crippen molar-refractivity contribution in [3.63, 3.8) is 0 Å². The van der Waals surface area contributed by atoms with Crippen LogP contribution in [0, 0.1) is 0 Å². The minimum absolute atomic E-state index is 0.734. The highest BCUT2D eigenvalue weighted by Gasteiger charge is 2.23. The van der Waals surface area contributed by atoms with Crippen LogP contribution in [0.25, 0.3) is 77.8 Å². The van der Waals surface area contributed by atoms with Crippen LogP contribution >= 0.6 is 0 Å². The Hall–Kier alpha value is -6.26. The molecule has 0 saturated carbocycles. The molecule has 50 heavy (non-hydrogen) atoms. The first-order valence-electron chi connectivity index (χ1n) is 17.6. The van der Waals surface area contributed by atoms with Crippen LogP contribution in [-0.2, 0) is 0 Å². The minimum atomic E-state index is 0.734. The molecule has 0 fully saturated rings. The maximum atomic E-state index is 5.58. The lowest BCUT2D eigenvalue weighted by Gasteiger charge is -2.21. The van der Waals surface area contributed by atoms with E-state index in [-0.39, 0.29) is 0 Å². The molecule has 0 radical (unpaired) electrons. The van der Waals surface area contributed by atoms with E-state index in [0.29, 0.717) is 0 Å². The second-order valence-electron chi connectivity index (χ2n) is 13.2. The summed E-state index contributed by atoms with van der Waals surface area (Å²) in [6.07, 6.45) is 17.4. The summed E-state index contributed by atoms with van der Waals surface area (Å²) < 4.78 is 4.64. The number of allylic oxidation sites excluding steroid dienone is 8. The van der Waals surface area contributed by atoms with Crippen LogP contribution in [0.5, 0.6) is 0 Å². The van der Waals surface area contributed by atoms with Gasteiger partial charge in [-0.05, 0) is 72.2 Å². The van der Waals surface area contributed by atoms with Crippen molar-refractivity contribution in [2.24, 2.45) is 0 Å². The lowest BCUT2D eigenvalue weighted by atomic mass is 9.86. The van der Waals surface area contributed by atoms with Gasteiger partial charge in [-0.1, -0.05) is 127 Å². The molecule has 2 aliphatic carbocycles. The molecule has 4 nitrogen and oxygen atoms in total. The van der Waals surface area contributed by atoms with Crippen molar-refractivity contribution in [1.82, 2.24) is 19.1 Å². The van der Waals surface area contributed by atoms with Gasteiger partial charge in [0.1, 0.15) is 11.6 Å². The Morgan fingerprint density at radius 1 is 0.440 bits per heavy atom. The van der Waals surface area contributed by atoms with E-state index in [9.17, 15) is 0 Å². The van der Waals surface area contributed by atoms with E-state index >= 15 is 0 Å². The van der Waals surface area contributed by atoms with E-state index < -0.39 is 0 Å². The van der Waals surface area contributed by atoms with Gasteiger partial charge in [-0.2, -0.15) is 0 Å². The molecule has 5 aromatic carbocycles. The van der Waals surface area contributed by atoms with Crippen molar-refractivity contribution in [2.45, 2.75) is 25.7 Å². The fraction of sp³-hybridized carbons (Fsp3) is 0.0870. The average Bonchev–Trinajstić information content (AvgIpc) is 3.71. The molecule has 0 atom stereocenters. The number of aromatic nitrogens is 4. The predicted octanol–water partition coefficient (Wildman–Crippen LogP) is 11.8. The first kappa shape index (κ1) is 28.7. The molecule has 3 aromatic heterocycles. The molecule has 0 amide bonds. The van der Waals surface area contributed by atoms with Gasteiger partial charge in [0.25, 0.3) is 0 Å². The highest BCUT2D eigenvalue weighted by atomic mass is 15.1. The highest BCUT2D eigenvalue weighted by molar-refractivity contribution is 6.10. The monoisotopic (exact) mass is 642 g/mol. The summed E-state index contributed by atoms with van der Waals surface area (Å²) in [5.74, 6) is 2.43. The summed E-state index contributed by atoms with van der Waals surface area (Å²) in [6, 6.07) is 43.5. The molecule has 4 heteroatoms. The first-order valence-corrected chi connectivity index (χ1v) is 17.6. The van der Waals surface area contributed by atoms with Gasteiger partial charge in [-0.15, -0.1) is 0 Å². The van der Waals surface area contributed by atoms with E-state index in [2.05, 4.69) is 167 Å². The quantitative estimate of drug-likeness (QED) is 0.187. The zero-order valence-corrected chi connectivity index (χ0v) is 27.6. The zero-order chi connectivity index (χ0) is 33.0. The van der Waals surface area contributed by atoms with E-state index in [0.717, 1.165) is 70.8 Å². The average molecular weight is 643 g/mol. The van der Waals surface area contributed by atoms with Crippen molar-refractivity contribution < 1.29 is 0 Å². The molecular weight excluding hydrogens is 609 g/mol. The molecule has 0 unspecified atom stereocenters. The number of nitrogens with zero attached hydrogens (tertiary/aromatic N) is 4. The number of hydrogen-bond donors (Lipinski definition) is 0. The number of fused-ring (bicyclic) bond motifs is 6. The number of benzene rings is 5. The second-order valence-corrected chi connectivity index (χ2v) is 13.2. The van der Waals surface area contributed by atoms with Gasteiger partial charge in [-0.25, -0.2) is 9.97 Å². The third kappa shape index (κ3) is 4.52. The van der Waals surface area contributed by atoms with Crippen molar-refractivity contribution in [3.8, 4) is 23.0 Å². The lowest BCUT2D eigenvalue weighted by Crippen LogP contribution is -2.08. The second kappa shape index (κ2) is 11.7. The van der Waals surface area contributed by atoms with Gasteiger partial charge < -0.3 is 0 Å². The van der Waals surface area contributed by atoms with Crippen LogP contribution in [-0.4, -0.2) is 19.1 Å². The van der Waals surface area contributed by atoms with Gasteiger partial charge in [0.05, 0.1) is 22.1 Å². The molecule has 0 saturated heterocycles. The van der Waals surface area contributed by atoms with E-state index in [1.165, 1.54) is 43.8 Å². The van der Waals surface area contributed by atoms with Crippen molar-refractivity contribution in [2.75, 3.05) is 0 Å². The van der Waals surface area contributed by atoms with Gasteiger partial charge in [0.2, 0.25) is 0 Å². The number of hydrogen-bond acceptors (Lipinski definition) is 2. The van der Waals surface area contributed by atoms with E-state index in [1.807, 2.05) is 0 Å². The molecule has 0 bridgehead atoms. The highest BCUT2D eigenvalue weighted by Crippen LogP contribution is 2.41. The van der Waals surface area contributed by atoms with Gasteiger partial charge >= 0.3 is 0 Å². The van der Waals surface area contributed by atoms with E-state index in [1.54, 1.807) is 0 Å². The van der Waals surface area contributed by atoms with Crippen LogP contribution in [0.15, 0.2) is 158 Å². The van der Waals surface area contributed by atoms with Crippen LogP contribution in [0.3, 0.4) is 0 Å². The molecular formula is C46H34N4. The minimum Gasteiger partial charge on any atom is -0.294 e. The SMILES string of the molecule is C1=CCCC(c2cccc(C3=CC=CCC3)c2-c2nc(-n3c4ccccc4c4ccccc43)cc(-n3c4ccccc4c4ccccc43)n2)=C1. The molecule has 0 N–H and O–H groups in total. The molecule has 0 spiro atoms. The van der Waals surface area contributed by atoms with Crippen LogP contribution in [0.2, 0.25) is 0 Å². The topological polar surface area (TPSA) is 35.6 Å². The van der Waals surface area contributed by atoms with Gasteiger partial charge in [0, 0.05) is 33.2 Å². The molecule has 10 rings (SSSR count). The van der Waals surface area contributed by atoms with Crippen LogP contribution in [0.4, 0.5) is 0 Å². The number of para-hydroxylation sites is 4. The van der Waals surface area contributed by atoms with Crippen molar-refractivity contribution >= 4 is 54.8 Å². The zero-order valence-electron chi connectivity index (χ0n) is 27.6. The Bertz CT molecular complexity index is 2480. The number of rotatable bonds is 5. The Kier molecular flexibility index (Phi) is 6.73. The summed E-state index contributed by atoms with van der Waals surface area (Å²) in [6.45, 7) is 0. The van der Waals surface area contributed by atoms with Gasteiger partial charge in [0.15, 0.2) is 5.82 Å². The smallest absolute Gasteiger partial charge is 0.165 e. The molecule has 8 aromatic rings. The third-order valence-corrected chi connectivity index (χ3v) is 10.3. The predicted molar refractivity (Wildman–Crippen MR) is 209 cm³/mol. The molecule has 0 aliphatic heterocycles. The third-order valence-electron chi connectivity index (χ3n) is 10.3. The molecule has 2 aliphatic rings. The fourth-order valence-electron chi connectivity index (χ4n) is 8.08. The standard InChI is InChI=1S/C46H34N4/c1-3-16-31(17-4-1)33-24-15-25-34(32-18-5-2-6-19-32)45(33)46-47-43(49-39-26-11-7-20-35(39)36-21-8-12-27-40(36)49)30-44(48-46)50-41-28-13-9-22-37(41)38-23-10-14-29-42(38)50/h1-3,5,7-16,18,20-30H,4,6,17,19H2. The maximum Gasteiger partial charge on any atom is 0.165 e. The van der Waals surface area contributed by atoms with Crippen LogP contribution < -0.4 is 0 Å². The summed E-state index contributed by atoms with van der Waals surface area (Å²) in [5.41, 5.74) is 10.6. The molecule has 238 valence electrons. The normalized spacial score (nSPS) is 14.6. The van der Waals surface area contributed by atoms with Crippen molar-refractivity contribution in [3.05, 3.63) is 169 Å². The van der Waals surface area contributed by atoms with Crippen molar-refractivity contribution in [1.29, 1.82) is 0 Å². The fourth-order valence-corrected chi connectivity index (χ4v) is 8.08. The Morgan fingerprint density at radius 3 is 1.22 bits per heavy atom. The molecule has 3 heterocycles. The first-order chi connectivity index (χ1) is 24.8. The summed E-state index contributed by atoms with van der Waals surface area (Å²) in [7, 11) is 0. The largest absolute Gasteiger partial charge is 0.294 e. The summed E-state index contributed by atoms with van der Waals surface area (Å²) in [4.78, 5) is 11.2. The maximum absolute atomic E-state index is 5.58. The Labute approximate surface area is 290 Å². The lowest BCUT2D eigenvalue weighted by molar-refractivity contribution is 0.989. The van der Waals surface area contributed by atoms with Gasteiger partial charge in [-0.3, -0.25) is 9.13 Å². The summed E-state index contributed by atoms with van der Waals surface area (Å²) in [5, 5.41) is 4.84. The Morgan fingerprint density at radius 2 is 0.840 bits per heavy atom. The van der Waals surface area contributed by atoms with E-state index in [4.69, 9.17) is 9.97 Å².